The molecule has 2 aliphatic heterocycles. The average Bonchev–Trinajstić information content (AvgIpc) is 3.51. The number of fused-ring (bicyclic) bond motifs is 1. The quantitative estimate of drug-likeness (QED) is 0.441. The van der Waals surface area contributed by atoms with Crippen LogP contribution in [0, 0.1) is 12.8 Å². The molecular weight excluding hydrogens is 412 g/mol. The molecule has 0 radical (unpaired) electrons. The lowest BCUT2D eigenvalue weighted by Gasteiger charge is -2.26. The normalized spacial score (nSPS) is 17.9. The maximum Gasteiger partial charge on any atom is 0.228 e. The van der Waals surface area contributed by atoms with Gasteiger partial charge < -0.3 is 20.3 Å². The van der Waals surface area contributed by atoms with E-state index in [1.165, 1.54) is 0 Å². The van der Waals surface area contributed by atoms with Gasteiger partial charge in [-0.05, 0) is 56.1 Å². The van der Waals surface area contributed by atoms with Gasteiger partial charge in [0.2, 0.25) is 5.91 Å². The molecule has 0 saturated carbocycles. The number of H-pyrrole nitrogens is 1. The van der Waals surface area contributed by atoms with Crippen LogP contribution >= 0.6 is 11.9 Å². The van der Waals surface area contributed by atoms with E-state index in [2.05, 4.69) is 35.4 Å². The van der Waals surface area contributed by atoms with Crippen molar-refractivity contribution in [1.29, 1.82) is 0 Å². The number of rotatable bonds is 6. The molecular formula is C21H24N8OS. The molecule has 0 spiro atoms. The number of imidazole rings is 1. The molecule has 2 aromatic heterocycles. The van der Waals surface area contributed by atoms with Crippen LogP contribution in [0.25, 0.3) is 5.82 Å². The van der Waals surface area contributed by atoms with Crippen LogP contribution in [-0.4, -0.2) is 43.1 Å². The number of carbonyl (C=O) groups is 1. The standard InChI is InChI=1S/C21H24N8OS/c1-14-10-18(27-26-14)25-20-13-28(12-19-23-8-9-29(19)20)31-17-4-2-16(3-5-17)24-21(30)15-6-7-22-11-15/h2-5,8-10,13,15,22H,6-7,11-12H2,1H3,(H,24,30)(H2,25,26,27). The van der Waals surface area contributed by atoms with E-state index in [4.69, 9.17) is 0 Å². The second-order valence-corrected chi connectivity index (χ2v) is 8.78. The first-order valence-electron chi connectivity index (χ1n) is 10.2. The SMILES string of the molecule is Cc1cc(NC2=CN(Sc3ccc(NC(=O)C4CCNC4)cc3)Cc3nccn32)n[nH]1. The van der Waals surface area contributed by atoms with Gasteiger partial charge in [-0.15, -0.1) is 0 Å². The van der Waals surface area contributed by atoms with E-state index in [1.54, 1.807) is 18.1 Å². The van der Waals surface area contributed by atoms with E-state index in [1.807, 2.05) is 54.2 Å². The zero-order valence-electron chi connectivity index (χ0n) is 17.1. The van der Waals surface area contributed by atoms with Crippen LogP contribution in [0.3, 0.4) is 0 Å². The van der Waals surface area contributed by atoms with Crippen molar-refractivity contribution < 1.29 is 4.79 Å². The Bertz CT molecular complexity index is 1100. The highest BCUT2D eigenvalue weighted by molar-refractivity contribution is 7.97. The minimum Gasteiger partial charge on any atom is -0.326 e. The first kappa shape index (κ1) is 19.7. The molecule has 3 aromatic rings. The van der Waals surface area contributed by atoms with Gasteiger partial charge in [0.05, 0.1) is 18.7 Å². The Morgan fingerprint density at radius 3 is 2.90 bits per heavy atom. The third-order valence-electron chi connectivity index (χ3n) is 5.28. The highest BCUT2D eigenvalue weighted by Crippen LogP contribution is 2.30. The van der Waals surface area contributed by atoms with Crippen molar-refractivity contribution in [2.45, 2.75) is 24.8 Å². The smallest absolute Gasteiger partial charge is 0.228 e. The Morgan fingerprint density at radius 2 is 2.16 bits per heavy atom. The summed E-state index contributed by atoms with van der Waals surface area (Å²) >= 11 is 1.62. The van der Waals surface area contributed by atoms with Gasteiger partial charge in [-0.2, -0.15) is 5.10 Å². The van der Waals surface area contributed by atoms with Crippen molar-refractivity contribution in [1.82, 2.24) is 29.4 Å². The molecule has 1 fully saturated rings. The molecule has 1 saturated heterocycles. The molecule has 4 heterocycles. The molecule has 5 rings (SSSR count). The van der Waals surface area contributed by atoms with Crippen LogP contribution in [0.5, 0.6) is 0 Å². The zero-order chi connectivity index (χ0) is 21.2. The predicted molar refractivity (Wildman–Crippen MR) is 121 cm³/mol. The van der Waals surface area contributed by atoms with Gasteiger partial charge in [-0.3, -0.25) is 14.5 Å². The Hall–Kier alpha value is -3.24. The summed E-state index contributed by atoms with van der Waals surface area (Å²) in [5, 5.41) is 16.8. The van der Waals surface area contributed by atoms with Crippen molar-refractivity contribution >= 4 is 35.2 Å². The summed E-state index contributed by atoms with van der Waals surface area (Å²) in [5.74, 6) is 2.72. The van der Waals surface area contributed by atoms with Crippen molar-refractivity contribution in [2.75, 3.05) is 23.7 Å². The van der Waals surface area contributed by atoms with E-state index in [0.29, 0.717) is 6.54 Å². The van der Waals surface area contributed by atoms with E-state index in [-0.39, 0.29) is 11.8 Å². The van der Waals surface area contributed by atoms with E-state index in [9.17, 15) is 4.79 Å². The van der Waals surface area contributed by atoms with Crippen LogP contribution in [-0.2, 0) is 11.3 Å². The van der Waals surface area contributed by atoms with E-state index >= 15 is 0 Å². The van der Waals surface area contributed by atoms with Crippen LogP contribution in [0.15, 0.2) is 53.8 Å². The summed E-state index contributed by atoms with van der Waals surface area (Å²) in [6.07, 6.45) is 6.68. The number of hydrogen-bond donors (Lipinski definition) is 4. The first-order valence-corrected chi connectivity index (χ1v) is 11.0. The molecule has 10 heteroatoms. The molecule has 1 aromatic carbocycles. The zero-order valence-corrected chi connectivity index (χ0v) is 17.9. The van der Waals surface area contributed by atoms with Crippen molar-refractivity contribution in [3.63, 3.8) is 0 Å². The van der Waals surface area contributed by atoms with Gasteiger partial charge in [0.25, 0.3) is 0 Å². The second-order valence-electron chi connectivity index (χ2n) is 7.66. The first-order chi connectivity index (χ1) is 15.1. The lowest BCUT2D eigenvalue weighted by atomic mass is 10.1. The Labute approximate surface area is 184 Å². The molecule has 0 bridgehead atoms. The minimum absolute atomic E-state index is 0.0560. The predicted octanol–water partition coefficient (Wildman–Crippen LogP) is 2.85. The molecule has 1 amide bonds. The summed E-state index contributed by atoms with van der Waals surface area (Å²) < 4.78 is 4.15. The van der Waals surface area contributed by atoms with Crippen molar-refractivity contribution in [3.05, 3.63) is 60.4 Å². The number of nitrogens with zero attached hydrogens (tertiary/aromatic N) is 4. The summed E-state index contributed by atoms with van der Waals surface area (Å²) in [6.45, 7) is 4.31. The average molecular weight is 437 g/mol. The molecule has 2 aliphatic rings. The monoisotopic (exact) mass is 436 g/mol. The number of anilines is 2. The highest BCUT2D eigenvalue weighted by Gasteiger charge is 2.22. The van der Waals surface area contributed by atoms with Crippen molar-refractivity contribution in [2.24, 2.45) is 5.92 Å². The van der Waals surface area contributed by atoms with E-state index in [0.717, 1.165) is 53.3 Å². The third kappa shape index (κ3) is 4.44. The number of aryl methyl sites for hydroxylation is 1. The topological polar surface area (TPSA) is 103 Å². The summed E-state index contributed by atoms with van der Waals surface area (Å²) in [5.41, 5.74) is 1.81. The third-order valence-corrected chi connectivity index (χ3v) is 6.23. The molecule has 0 aliphatic carbocycles. The van der Waals surface area contributed by atoms with Gasteiger partial charge >= 0.3 is 0 Å². The Kier molecular flexibility index (Phi) is 5.39. The largest absolute Gasteiger partial charge is 0.326 e. The fourth-order valence-electron chi connectivity index (χ4n) is 3.68. The van der Waals surface area contributed by atoms with Crippen LogP contribution < -0.4 is 16.0 Å². The fraction of sp³-hybridized carbons (Fsp3) is 0.286. The highest BCUT2D eigenvalue weighted by atomic mass is 32.2. The fourth-order valence-corrected chi connectivity index (χ4v) is 4.54. The van der Waals surface area contributed by atoms with Gasteiger partial charge in [-0.25, -0.2) is 4.98 Å². The molecule has 1 unspecified atom stereocenters. The number of benzene rings is 1. The molecule has 1 atom stereocenters. The summed E-state index contributed by atoms with van der Waals surface area (Å²) in [7, 11) is 0. The lowest BCUT2D eigenvalue weighted by molar-refractivity contribution is -0.119. The molecule has 31 heavy (non-hydrogen) atoms. The number of amides is 1. The summed E-state index contributed by atoms with van der Waals surface area (Å²) in [6, 6.07) is 9.89. The van der Waals surface area contributed by atoms with E-state index < -0.39 is 0 Å². The second kappa shape index (κ2) is 8.48. The van der Waals surface area contributed by atoms with Gasteiger partial charge in [-0.1, -0.05) is 0 Å². The maximum atomic E-state index is 12.3. The molecule has 9 nitrogen and oxygen atoms in total. The summed E-state index contributed by atoms with van der Waals surface area (Å²) in [4.78, 5) is 17.9. The Morgan fingerprint density at radius 1 is 1.29 bits per heavy atom. The number of hydrogen-bond acceptors (Lipinski definition) is 7. The number of nitrogens with one attached hydrogen (secondary N) is 4. The van der Waals surface area contributed by atoms with Crippen LogP contribution in [0.1, 0.15) is 17.9 Å². The van der Waals surface area contributed by atoms with Crippen LogP contribution in [0.2, 0.25) is 0 Å². The number of carbonyl (C=O) groups excluding carboxylic acids is 1. The van der Waals surface area contributed by atoms with Gasteiger partial charge in [0.1, 0.15) is 11.6 Å². The Balaban J connectivity index is 1.26. The minimum atomic E-state index is 0.0560. The molecule has 160 valence electrons. The molecule has 4 N–H and O–H groups in total. The van der Waals surface area contributed by atoms with Crippen molar-refractivity contribution in [3.8, 4) is 0 Å². The lowest BCUT2D eigenvalue weighted by Crippen LogP contribution is -2.24. The number of aromatic nitrogens is 4. The van der Waals surface area contributed by atoms with Gasteiger partial charge in [0.15, 0.2) is 5.82 Å². The van der Waals surface area contributed by atoms with Crippen LogP contribution in [0.4, 0.5) is 11.5 Å². The maximum absolute atomic E-state index is 12.3. The van der Waals surface area contributed by atoms with Gasteiger partial charge in [0, 0.05) is 41.3 Å². The number of aromatic amines is 1.